The van der Waals surface area contributed by atoms with E-state index in [-0.39, 0.29) is 12.0 Å². The summed E-state index contributed by atoms with van der Waals surface area (Å²) in [6, 6.07) is 2.06. The highest BCUT2D eigenvalue weighted by molar-refractivity contribution is 9.10. The van der Waals surface area contributed by atoms with Gasteiger partial charge in [-0.1, -0.05) is 13.8 Å². The van der Waals surface area contributed by atoms with Crippen LogP contribution in [0.3, 0.4) is 0 Å². The molecule has 0 spiro atoms. The number of aliphatic hydroxyl groups is 1. The summed E-state index contributed by atoms with van der Waals surface area (Å²) in [4.78, 5) is 1.20. The molecule has 2 nitrogen and oxygen atoms in total. The Kier molecular flexibility index (Phi) is 5.26. The maximum absolute atomic E-state index is 10.1. The highest BCUT2D eigenvalue weighted by atomic mass is 79.9. The Labute approximate surface area is 104 Å². The second-order valence-electron chi connectivity index (χ2n) is 4.15. The zero-order chi connectivity index (χ0) is 11.4. The third-order valence-electron chi connectivity index (χ3n) is 2.65. The SMILES string of the molecule is CC(C)C(CN)C(O)Cc1cc(Br)cs1. The number of hydrogen-bond acceptors (Lipinski definition) is 3. The Morgan fingerprint density at radius 2 is 2.20 bits per heavy atom. The number of rotatable bonds is 5. The van der Waals surface area contributed by atoms with Crippen molar-refractivity contribution >= 4 is 27.3 Å². The third-order valence-corrected chi connectivity index (χ3v) is 4.37. The molecule has 15 heavy (non-hydrogen) atoms. The molecule has 0 aliphatic rings. The molecule has 0 aliphatic carbocycles. The number of hydrogen-bond donors (Lipinski definition) is 2. The van der Waals surface area contributed by atoms with Crippen LogP contribution in [-0.2, 0) is 6.42 Å². The quantitative estimate of drug-likeness (QED) is 0.876. The van der Waals surface area contributed by atoms with E-state index >= 15 is 0 Å². The molecular weight excluding hydrogens is 274 g/mol. The molecule has 0 fully saturated rings. The first-order valence-corrected chi connectivity index (χ1v) is 6.83. The minimum absolute atomic E-state index is 0.186. The summed E-state index contributed by atoms with van der Waals surface area (Å²) < 4.78 is 1.09. The molecule has 0 bridgehead atoms. The molecule has 1 aromatic rings. The fraction of sp³-hybridized carbons (Fsp3) is 0.636. The summed E-state index contributed by atoms with van der Waals surface area (Å²) in [5, 5.41) is 12.1. The van der Waals surface area contributed by atoms with Gasteiger partial charge in [0.25, 0.3) is 0 Å². The lowest BCUT2D eigenvalue weighted by atomic mass is 9.88. The van der Waals surface area contributed by atoms with E-state index < -0.39 is 0 Å². The first-order chi connectivity index (χ1) is 7.04. The zero-order valence-corrected chi connectivity index (χ0v) is 11.5. The van der Waals surface area contributed by atoms with Crippen molar-refractivity contribution < 1.29 is 5.11 Å². The molecule has 0 saturated carbocycles. The van der Waals surface area contributed by atoms with Gasteiger partial charge in [0, 0.05) is 21.2 Å². The number of nitrogens with two attached hydrogens (primary N) is 1. The highest BCUT2D eigenvalue weighted by Gasteiger charge is 2.21. The molecule has 3 N–H and O–H groups in total. The Morgan fingerprint density at radius 1 is 1.53 bits per heavy atom. The second-order valence-corrected chi connectivity index (χ2v) is 6.06. The van der Waals surface area contributed by atoms with E-state index in [1.165, 1.54) is 4.88 Å². The van der Waals surface area contributed by atoms with Crippen molar-refractivity contribution in [3.05, 3.63) is 20.8 Å². The van der Waals surface area contributed by atoms with Crippen molar-refractivity contribution in [1.29, 1.82) is 0 Å². The van der Waals surface area contributed by atoms with E-state index in [0.29, 0.717) is 18.9 Å². The first kappa shape index (κ1) is 13.2. The van der Waals surface area contributed by atoms with Crippen molar-refractivity contribution in [3.8, 4) is 0 Å². The van der Waals surface area contributed by atoms with Gasteiger partial charge in [-0.25, -0.2) is 0 Å². The lowest BCUT2D eigenvalue weighted by Crippen LogP contribution is -2.33. The topological polar surface area (TPSA) is 46.2 Å². The second kappa shape index (κ2) is 5.99. The number of thiophene rings is 1. The molecule has 0 aliphatic heterocycles. The Morgan fingerprint density at radius 3 is 2.60 bits per heavy atom. The van der Waals surface area contributed by atoms with Gasteiger partial charge in [0.05, 0.1) is 6.10 Å². The average Bonchev–Trinajstić information content (AvgIpc) is 2.51. The van der Waals surface area contributed by atoms with E-state index in [1.807, 2.05) is 5.38 Å². The maximum Gasteiger partial charge on any atom is 0.0631 e. The maximum atomic E-state index is 10.1. The molecule has 2 atom stereocenters. The van der Waals surface area contributed by atoms with E-state index in [1.54, 1.807) is 11.3 Å². The summed E-state index contributed by atoms with van der Waals surface area (Å²) >= 11 is 5.08. The van der Waals surface area contributed by atoms with E-state index in [9.17, 15) is 5.11 Å². The highest BCUT2D eigenvalue weighted by Crippen LogP contribution is 2.24. The summed E-state index contributed by atoms with van der Waals surface area (Å²) in [6.45, 7) is 4.75. The average molecular weight is 292 g/mol. The predicted octanol–water partition coefficient (Wildman–Crippen LogP) is 2.64. The van der Waals surface area contributed by atoms with Crippen LogP contribution >= 0.6 is 27.3 Å². The molecule has 0 aromatic carbocycles. The van der Waals surface area contributed by atoms with Crippen LogP contribution < -0.4 is 5.73 Å². The number of aliphatic hydroxyl groups excluding tert-OH is 1. The van der Waals surface area contributed by atoms with Crippen molar-refractivity contribution in [2.75, 3.05) is 6.54 Å². The summed E-state index contributed by atoms with van der Waals surface area (Å²) in [7, 11) is 0. The van der Waals surface area contributed by atoms with Gasteiger partial charge in [0.1, 0.15) is 0 Å². The monoisotopic (exact) mass is 291 g/mol. The van der Waals surface area contributed by atoms with Crippen LogP contribution in [0.2, 0.25) is 0 Å². The predicted molar refractivity (Wildman–Crippen MR) is 69.1 cm³/mol. The molecule has 1 rings (SSSR count). The lowest BCUT2D eigenvalue weighted by Gasteiger charge is -2.24. The van der Waals surface area contributed by atoms with Crippen molar-refractivity contribution in [2.45, 2.75) is 26.4 Å². The van der Waals surface area contributed by atoms with Crippen LogP contribution in [0.25, 0.3) is 0 Å². The molecule has 1 heterocycles. The van der Waals surface area contributed by atoms with Gasteiger partial charge in [-0.3, -0.25) is 0 Å². The molecule has 4 heteroatoms. The van der Waals surface area contributed by atoms with Gasteiger partial charge >= 0.3 is 0 Å². The Bertz CT molecular complexity index is 301. The van der Waals surface area contributed by atoms with E-state index in [0.717, 1.165) is 4.47 Å². The van der Waals surface area contributed by atoms with Gasteiger partial charge in [-0.15, -0.1) is 11.3 Å². The summed E-state index contributed by atoms with van der Waals surface area (Å²) in [5.74, 6) is 0.610. The molecule has 1 aromatic heterocycles. The minimum atomic E-state index is -0.333. The lowest BCUT2D eigenvalue weighted by molar-refractivity contribution is 0.0870. The molecule has 0 radical (unpaired) electrons. The van der Waals surface area contributed by atoms with Crippen LogP contribution in [0.1, 0.15) is 18.7 Å². The Hall–Kier alpha value is 0.1000. The van der Waals surface area contributed by atoms with Gasteiger partial charge < -0.3 is 10.8 Å². The molecule has 0 saturated heterocycles. The third kappa shape index (κ3) is 3.87. The normalized spacial score (nSPS) is 15.6. The molecule has 0 amide bonds. The fourth-order valence-corrected chi connectivity index (χ4v) is 3.19. The number of halogens is 1. The standard InChI is InChI=1S/C11H18BrNOS/c1-7(2)10(5-13)11(14)4-9-3-8(12)6-15-9/h3,6-7,10-11,14H,4-5,13H2,1-2H3. The summed E-state index contributed by atoms with van der Waals surface area (Å²) in [6.07, 6.45) is 0.372. The molecule has 86 valence electrons. The summed E-state index contributed by atoms with van der Waals surface area (Å²) in [5.41, 5.74) is 5.67. The van der Waals surface area contributed by atoms with E-state index in [4.69, 9.17) is 5.73 Å². The van der Waals surface area contributed by atoms with Gasteiger partial charge in [0.2, 0.25) is 0 Å². The van der Waals surface area contributed by atoms with Crippen molar-refractivity contribution in [3.63, 3.8) is 0 Å². The van der Waals surface area contributed by atoms with Crippen LogP contribution in [-0.4, -0.2) is 17.8 Å². The van der Waals surface area contributed by atoms with Crippen LogP contribution in [0, 0.1) is 11.8 Å². The molecular formula is C11H18BrNOS. The van der Waals surface area contributed by atoms with Crippen LogP contribution in [0.15, 0.2) is 15.9 Å². The molecule has 2 unspecified atom stereocenters. The van der Waals surface area contributed by atoms with Crippen LogP contribution in [0.5, 0.6) is 0 Å². The first-order valence-electron chi connectivity index (χ1n) is 5.15. The van der Waals surface area contributed by atoms with Gasteiger partial charge in [0.15, 0.2) is 0 Å². The smallest absolute Gasteiger partial charge is 0.0631 e. The van der Waals surface area contributed by atoms with Crippen molar-refractivity contribution in [1.82, 2.24) is 0 Å². The Balaban J connectivity index is 2.57. The zero-order valence-electron chi connectivity index (χ0n) is 9.11. The van der Waals surface area contributed by atoms with E-state index in [2.05, 4.69) is 35.8 Å². The van der Waals surface area contributed by atoms with Gasteiger partial charge in [-0.2, -0.15) is 0 Å². The largest absolute Gasteiger partial charge is 0.392 e. The fourth-order valence-electron chi connectivity index (χ4n) is 1.69. The van der Waals surface area contributed by atoms with Crippen LogP contribution in [0.4, 0.5) is 0 Å². The minimum Gasteiger partial charge on any atom is -0.392 e. The van der Waals surface area contributed by atoms with Gasteiger partial charge in [-0.05, 0) is 40.4 Å². The van der Waals surface area contributed by atoms with Crippen molar-refractivity contribution in [2.24, 2.45) is 17.6 Å².